The first-order valence-electron chi connectivity index (χ1n) is 9.84. The molecule has 5 aromatic rings. The number of nitrogens with two attached hydrogens (primary N) is 1. The van der Waals surface area contributed by atoms with E-state index in [9.17, 15) is 4.79 Å². The summed E-state index contributed by atoms with van der Waals surface area (Å²) in [5.41, 5.74) is 11.0. The molecule has 152 valence electrons. The second-order valence-electron chi connectivity index (χ2n) is 7.32. The average molecular weight is 428 g/mol. The molecule has 0 fully saturated rings. The first kappa shape index (κ1) is 19.2. The fourth-order valence-electron chi connectivity index (χ4n) is 3.67. The third-order valence-corrected chi connectivity index (χ3v) is 5.61. The van der Waals surface area contributed by atoms with Crippen molar-refractivity contribution < 1.29 is 4.79 Å². The first-order chi connectivity index (χ1) is 15.1. The number of hydrogen-bond donors (Lipinski definition) is 1. The molecule has 0 spiro atoms. The van der Waals surface area contributed by atoms with E-state index < -0.39 is 5.91 Å². The van der Waals surface area contributed by atoms with Crippen LogP contribution in [-0.2, 0) is 13.0 Å². The molecule has 0 radical (unpaired) electrons. The Balaban J connectivity index is 1.43. The van der Waals surface area contributed by atoms with Crippen LogP contribution in [0.3, 0.4) is 0 Å². The second-order valence-corrected chi connectivity index (χ2v) is 7.72. The standard InChI is InChI=1S/C24H18ClN5O/c25-19-13-17(4-5-18(19)23(26)31)21-7-8-22-24(29-21)30(14-28-22)11-9-15-3-6-20-16(12-15)2-1-10-27-20/h1-8,10,12-14H,9,11H2,(H2,26,31). The lowest BCUT2D eigenvalue weighted by Gasteiger charge is -2.08. The highest BCUT2D eigenvalue weighted by Crippen LogP contribution is 2.26. The molecule has 2 N–H and O–H groups in total. The molecular weight excluding hydrogens is 410 g/mol. The molecule has 0 saturated heterocycles. The zero-order valence-electron chi connectivity index (χ0n) is 16.5. The van der Waals surface area contributed by atoms with Gasteiger partial charge in [-0.2, -0.15) is 0 Å². The van der Waals surface area contributed by atoms with Gasteiger partial charge in [0.2, 0.25) is 5.91 Å². The molecule has 1 amide bonds. The summed E-state index contributed by atoms with van der Waals surface area (Å²) in [6.45, 7) is 0.750. The second kappa shape index (κ2) is 7.81. The summed E-state index contributed by atoms with van der Waals surface area (Å²) in [6, 6.07) is 19.3. The van der Waals surface area contributed by atoms with Gasteiger partial charge in [-0.3, -0.25) is 9.78 Å². The van der Waals surface area contributed by atoms with Crippen molar-refractivity contribution in [3.63, 3.8) is 0 Å². The van der Waals surface area contributed by atoms with Crippen LogP contribution < -0.4 is 5.73 Å². The molecular formula is C24H18ClN5O. The maximum Gasteiger partial charge on any atom is 0.250 e. The minimum Gasteiger partial charge on any atom is -0.366 e. The maximum absolute atomic E-state index is 11.4. The number of benzene rings is 2. The number of imidazole rings is 1. The summed E-state index contributed by atoms with van der Waals surface area (Å²) >= 11 is 6.21. The number of halogens is 1. The zero-order chi connectivity index (χ0) is 21.4. The Morgan fingerprint density at radius 1 is 1.00 bits per heavy atom. The number of nitrogens with zero attached hydrogens (tertiary/aromatic N) is 4. The van der Waals surface area contributed by atoms with E-state index in [1.54, 1.807) is 24.4 Å². The third-order valence-electron chi connectivity index (χ3n) is 5.30. The van der Waals surface area contributed by atoms with Crippen LogP contribution in [0, 0.1) is 0 Å². The topological polar surface area (TPSA) is 86.7 Å². The smallest absolute Gasteiger partial charge is 0.250 e. The van der Waals surface area contributed by atoms with Crippen LogP contribution in [-0.4, -0.2) is 25.4 Å². The summed E-state index contributed by atoms with van der Waals surface area (Å²) in [4.78, 5) is 25.1. The summed E-state index contributed by atoms with van der Waals surface area (Å²) in [5.74, 6) is -0.553. The van der Waals surface area contributed by atoms with Gasteiger partial charge in [0, 0.05) is 23.7 Å². The summed E-state index contributed by atoms with van der Waals surface area (Å²) < 4.78 is 2.05. The molecule has 7 heteroatoms. The highest BCUT2D eigenvalue weighted by atomic mass is 35.5. The quantitative estimate of drug-likeness (QED) is 0.442. The number of rotatable bonds is 5. The molecule has 0 bridgehead atoms. The first-order valence-corrected chi connectivity index (χ1v) is 10.2. The van der Waals surface area contributed by atoms with Gasteiger partial charge in [-0.15, -0.1) is 0 Å². The lowest BCUT2D eigenvalue weighted by atomic mass is 10.1. The Hall–Kier alpha value is -3.77. The normalized spacial score (nSPS) is 11.3. The number of carbonyl (C=O) groups is 1. The molecule has 0 aliphatic heterocycles. The van der Waals surface area contributed by atoms with E-state index in [2.05, 4.69) is 28.2 Å². The number of aryl methyl sites for hydroxylation is 2. The van der Waals surface area contributed by atoms with E-state index in [1.165, 1.54) is 5.56 Å². The average Bonchev–Trinajstić information content (AvgIpc) is 3.19. The maximum atomic E-state index is 11.4. The molecule has 31 heavy (non-hydrogen) atoms. The van der Waals surface area contributed by atoms with E-state index in [1.807, 2.05) is 35.2 Å². The Kier molecular flexibility index (Phi) is 4.84. The molecule has 0 atom stereocenters. The van der Waals surface area contributed by atoms with Crippen LogP contribution in [0.25, 0.3) is 33.3 Å². The lowest BCUT2D eigenvalue weighted by Crippen LogP contribution is -2.11. The molecule has 6 nitrogen and oxygen atoms in total. The van der Waals surface area contributed by atoms with E-state index in [-0.39, 0.29) is 0 Å². The summed E-state index contributed by atoms with van der Waals surface area (Å²) in [7, 11) is 0. The van der Waals surface area contributed by atoms with Crippen molar-refractivity contribution in [1.29, 1.82) is 0 Å². The van der Waals surface area contributed by atoms with Gasteiger partial charge in [-0.05, 0) is 54.4 Å². The van der Waals surface area contributed by atoms with Crippen LogP contribution >= 0.6 is 11.6 Å². The Morgan fingerprint density at radius 3 is 2.71 bits per heavy atom. The van der Waals surface area contributed by atoms with E-state index >= 15 is 0 Å². The van der Waals surface area contributed by atoms with Gasteiger partial charge in [0.1, 0.15) is 5.52 Å². The van der Waals surface area contributed by atoms with Crippen molar-refractivity contribution >= 4 is 39.6 Å². The van der Waals surface area contributed by atoms with Crippen molar-refractivity contribution in [1.82, 2.24) is 19.5 Å². The Bertz CT molecular complexity index is 1440. The van der Waals surface area contributed by atoms with Gasteiger partial charge in [0.05, 0.1) is 28.1 Å². The highest BCUT2D eigenvalue weighted by Gasteiger charge is 2.11. The van der Waals surface area contributed by atoms with Gasteiger partial charge in [-0.25, -0.2) is 9.97 Å². The predicted octanol–water partition coefficient (Wildman–Crippen LogP) is 4.64. The van der Waals surface area contributed by atoms with Gasteiger partial charge < -0.3 is 10.3 Å². The minimum absolute atomic E-state index is 0.294. The van der Waals surface area contributed by atoms with Crippen LogP contribution in [0.1, 0.15) is 15.9 Å². The Morgan fingerprint density at radius 2 is 1.87 bits per heavy atom. The van der Waals surface area contributed by atoms with Crippen molar-refractivity contribution in [2.45, 2.75) is 13.0 Å². The van der Waals surface area contributed by atoms with E-state index in [4.69, 9.17) is 22.3 Å². The molecule has 0 aliphatic rings. The highest BCUT2D eigenvalue weighted by molar-refractivity contribution is 6.34. The van der Waals surface area contributed by atoms with Crippen molar-refractivity contribution in [3.8, 4) is 11.3 Å². The number of hydrogen-bond acceptors (Lipinski definition) is 4. The zero-order valence-corrected chi connectivity index (χ0v) is 17.3. The lowest BCUT2D eigenvalue weighted by molar-refractivity contribution is 0.100. The fraction of sp³-hybridized carbons (Fsp3) is 0.0833. The molecule has 0 saturated carbocycles. The number of pyridine rings is 2. The number of amides is 1. The number of fused-ring (bicyclic) bond motifs is 2. The molecule has 0 aliphatic carbocycles. The fourth-order valence-corrected chi connectivity index (χ4v) is 3.94. The summed E-state index contributed by atoms with van der Waals surface area (Å²) in [6.07, 6.45) is 4.46. The largest absolute Gasteiger partial charge is 0.366 e. The van der Waals surface area contributed by atoms with Crippen LogP contribution in [0.2, 0.25) is 5.02 Å². The molecule has 0 unspecified atom stereocenters. The van der Waals surface area contributed by atoms with Crippen LogP contribution in [0.4, 0.5) is 0 Å². The number of aromatic nitrogens is 4. The molecule has 2 aromatic carbocycles. The third kappa shape index (κ3) is 3.73. The molecule has 5 rings (SSSR count). The van der Waals surface area contributed by atoms with E-state index in [0.29, 0.717) is 10.6 Å². The monoisotopic (exact) mass is 427 g/mol. The Labute approximate surface area is 183 Å². The van der Waals surface area contributed by atoms with Gasteiger partial charge in [0.15, 0.2) is 5.65 Å². The van der Waals surface area contributed by atoms with Gasteiger partial charge in [-0.1, -0.05) is 29.8 Å². The van der Waals surface area contributed by atoms with Crippen molar-refractivity contribution in [2.24, 2.45) is 5.73 Å². The van der Waals surface area contributed by atoms with Crippen LogP contribution in [0.15, 0.2) is 73.2 Å². The van der Waals surface area contributed by atoms with E-state index in [0.717, 1.165) is 46.3 Å². The van der Waals surface area contributed by atoms with Crippen molar-refractivity contribution in [3.05, 3.63) is 89.3 Å². The SMILES string of the molecule is NC(=O)c1ccc(-c2ccc3ncn(CCc4ccc5ncccc5c4)c3n2)cc1Cl. The number of carbonyl (C=O) groups excluding carboxylic acids is 1. The minimum atomic E-state index is -0.553. The van der Waals surface area contributed by atoms with Gasteiger partial charge in [0.25, 0.3) is 0 Å². The molecule has 3 aromatic heterocycles. The predicted molar refractivity (Wildman–Crippen MR) is 122 cm³/mol. The van der Waals surface area contributed by atoms with Crippen molar-refractivity contribution in [2.75, 3.05) is 0 Å². The number of primary amides is 1. The molecule has 3 heterocycles. The van der Waals surface area contributed by atoms with Gasteiger partial charge >= 0.3 is 0 Å². The van der Waals surface area contributed by atoms with Crippen LogP contribution in [0.5, 0.6) is 0 Å². The summed E-state index contributed by atoms with van der Waals surface area (Å²) in [5, 5.41) is 1.44.